The summed E-state index contributed by atoms with van der Waals surface area (Å²) in [7, 11) is 0.887. The maximum atomic E-state index is 12.4. The molecule has 0 heterocycles. The van der Waals surface area contributed by atoms with Gasteiger partial charge in [0.05, 0.1) is 7.11 Å². The van der Waals surface area contributed by atoms with E-state index >= 15 is 0 Å². The summed E-state index contributed by atoms with van der Waals surface area (Å²) in [5.41, 5.74) is -5.25. The van der Waals surface area contributed by atoms with Gasteiger partial charge in [-0.15, -0.1) is 0 Å². The highest BCUT2D eigenvalue weighted by atomic mass is 16.5. The van der Waals surface area contributed by atoms with Gasteiger partial charge in [0.1, 0.15) is 13.2 Å². The minimum atomic E-state index is -2.70. The molecule has 0 aliphatic heterocycles. The Morgan fingerprint density at radius 1 is 0.826 bits per heavy atom. The van der Waals surface area contributed by atoms with Gasteiger partial charge >= 0.3 is 5.97 Å². The summed E-state index contributed by atoms with van der Waals surface area (Å²) in [5.74, 6) is -8.37. The monoisotopic (exact) mass is 330 g/mol. The fraction of sp³-hybridized carbons (Fsp3) is 0.571. The second-order valence-corrected chi connectivity index (χ2v) is 5.12. The average molecular weight is 330 g/mol. The van der Waals surface area contributed by atoms with Gasteiger partial charge in [0, 0.05) is 0 Å². The molecule has 0 aromatic carbocycles. The minimum absolute atomic E-state index is 0.738. The third kappa shape index (κ3) is 3.25. The van der Waals surface area contributed by atoms with Crippen molar-refractivity contribution in [3.8, 4) is 0 Å². The molecule has 0 saturated carbocycles. The quantitative estimate of drug-likeness (QED) is 0.278. The van der Waals surface area contributed by atoms with Crippen molar-refractivity contribution in [3.63, 3.8) is 0 Å². The molecule has 0 aliphatic carbocycles. The molecule has 0 amide bonds. The number of Topliss-reactive ketones (excluding diaryl/α,β-unsaturated/α-hetero) is 5. The van der Waals surface area contributed by atoms with E-state index < -0.39 is 58.9 Å². The van der Waals surface area contributed by atoms with Crippen LogP contribution in [0, 0.1) is 10.8 Å². The molecule has 23 heavy (non-hydrogen) atoms. The summed E-state index contributed by atoms with van der Waals surface area (Å²) in [6.07, 6.45) is 0. The summed E-state index contributed by atoms with van der Waals surface area (Å²) >= 11 is 0. The smallest absolute Gasteiger partial charge is 0.327 e. The van der Waals surface area contributed by atoms with E-state index in [1.54, 1.807) is 0 Å². The molecule has 0 fully saturated rings. The number of aliphatic hydroxyl groups is 2. The van der Waals surface area contributed by atoms with E-state index in [9.17, 15) is 28.8 Å². The SMILES string of the molecule is COC(=O)C(C)(C(C)=O)C(=O)C(=O)C(C)(C(=O)CO)C(=O)CO. The summed E-state index contributed by atoms with van der Waals surface area (Å²) in [4.78, 5) is 71.7. The number of aliphatic hydroxyl groups excluding tert-OH is 2. The van der Waals surface area contributed by atoms with Gasteiger partial charge < -0.3 is 14.9 Å². The van der Waals surface area contributed by atoms with E-state index in [0.717, 1.165) is 27.9 Å². The zero-order valence-corrected chi connectivity index (χ0v) is 13.2. The second-order valence-electron chi connectivity index (χ2n) is 5.12. The van der Waals surface area contributed by atoms with Crippen LogP contribution in [0.25, 0.3) is 0 Å². The fourth-order valence-corrected chi connectivity index (χ4v) is 1.78. The Kier molecular flexibility index (Phi) is 6.62. The van der Waals surface area contributed by atoms with E-state index in [2.05, 4.69) is 4.74 Å². The molecule has 9 heteroatoms. The average Bonchev–Trinajstić information content (AvgIpc) is 2.55. The lowest BCUT2D eigenvalue weighted by Crippen LogP contribution is -2.56. The zero-order valence-electron chi connectivity index (χ0n) is 13.2. The second kappa shape index (κ2) is 7.34. The van der Waals surface area contributed by atoms with Gasteiger partial charge in [-0.2, -0.15) is 0 Å². The van der Waals surface area contributed by atoms with Crippen molar-refractivity contribution in [2.75, 3.05) is 20.3 Å². The normalized spacial score (nSPS) is 13.7. The first-order chi connectivity index (χ1) is 10.5. The molecule has 0 aromatic rings. The Morgan fingerprint density at radius 3 is 1.43 bits per heavy atom. The molecule has 0 aliphatic rings. The highest BCUT2D eigenvalue weighted by Gasteiger charge is 2.57. The Morgan fingerprint density at radius 2 is 1.17 bits per heavy atom. The van der Waals surface area contributed by atoms with Crippen molar-refractivity contribution >= 4 is 34.9 Å². The number of methoxy groups -OCH3 is 1. The number of carbonyl (C=O) groups excluding carboxylic acids is 6. The van der Waals surface area contributed by atoms with Crippen molar-refractivity contribution < 1.29 is 43.7 Å². The molecule has 1 unspecified atom stereocenters. The topological polar surface area (TPSA) is 152 Å². The number of esters is 1. The van der Waals surface area contributed by atoms with Gasteiger partial charge in [0.15, 0.2) is 28.2 Å². The number of ether oxygens (including phenoxy) is 1. The predicted octanol–water partition coefficient (Wildman–Crippen LogP) is -1.98. The van der Waals surface area contributed by atoms with Gasteiger partial charge in [-0.3, -0.25) is 28.8 Å². The Bertz CT molecular complexity index is 559. The third-order valence-corrected chi connectivity index (χ3v) is 3.81. The van der Waals surface area contributed by atoms with Gasteiger partial charge in [-0.25, -0.2) is 0 Å². The van der Waals surface area contributed by atoms with Crippen LogP contribution in [0.3, 0.4) is 0 Å². The van der Waals surface area contributed by atoms with Crippen molar-refractivity contribution in [1.29, 1.82) is 0 Å². The van der Waals surface area contributed by atoms with Crippen LogP contribution in [0.4, 0.5) is 0 Å². The number of rotatable bonds is 9. The lowest BCUT2D eigenvalue weighted by Gasteiger charge is -2.27. The van der Waals surface area contributed by atoms with E-state index in [-0.39, 0.29) is 0 Å². The summed E-state index contributed by atoms with van der Waals surface area (Å²) in [5, 5.41) is 17.8. The van der Waals surface area contributed by atoms with Crippen LogP contribution in [0.15, 0.2) is 0 Å². The molecule has 1 atom stereocenters. The molecule has 2 N–H and O–H groups in total. The fourth-order valence-electron chi connectivity index (χ4n) is 1.78. The third-order valence-electron chi connectivity index (χ3n) is 3.81. The van der Waals surface area contributed by atoms with Gasteiger partial charge in [-0.05, 0) is 20.8 Å². The summed E-state index contributed by atoms with van der Waals surface area (Å²) in [6, 6.07) is 0. The Balaban J connectivity index is 6.19. The van der Waals surface area contributed by atoms with Crippen molar-refractivity contribution in [1.82, 2.24) is 0 Å². The highest BCUT2D eigenvalue weighted by molar-refractivity contribution is 6.55. The van der Waals surface area contributed by atoms with E-state index in [1.165, 1.54) is 0 Å². The highest BCUT2D eigenvalue weighted by Crippen LogP contribution is 2.29. The molecular weight excluding hydrogens is 312 g/mol. The first-order valence-corrected chi connectivity index (χ1v) is 6.43. The molecule has 0 aromatic heterocycles. The molecule has 128 valence electrons. The number of ketones is 5. The summed E-state index contributed by atoms with van der Waals surface area (Å²) in [6.45, 7) is -0.0788. The summed E-state index contributed by atoms with van der Waals surface area (Å²) < 4.78 is 4.33. The van der Waals surface area contributed by atoms with E-state index in [0.29, 0.717) is 0 Å². The van der Waals surface area contributed by atoms with Crippen LogP contribution in [-0.4, -0.2) is 65.4 Å². The van der Waals surface area contributed by atoms with Crippen LogP contribution in [-0.2, 0) is 33.5 Å². The number of hydrogen-bond acceptors (Lipinski definition) is 9. The van der Waals surface area contributed by atoms with Gasteiger partial charge in [0.25, 0.3) is 0 Å². The molecule has 0 radical (unpaired) electrons. The largest absolute Gasteiger partial charge is 0.468 e. The van der Waals surface area contributed by atoms with Crippen molar-refractivity contribution in [3.05, 3.63) is 0 Å². The Hall–Kier alpha value is -2.26. The standard InChI is InChI=1S/C14H18O9/c1-7(17)13(2,12(22)23-4)10(20)11(21)14(3,8(18)5-15)9(19)6-16/h15-16H,5-6H2,1-4H3. The first kappa shape index (κ1) is 20.7. The van der Waals surface area contributed by atoms with Crippen molar-refractivity contribution in [2.24, 2.45) is 10.8 Å². The maximum Gasteiger partial charge on any atom is 0.327 e. The van der Waals surface area contributed by atoms with Gasteiger partial charge in [0.2, 0.25) is 11.6 Å². The number of hydrogen-bond donors (Lipinski definition) is 2. The Labute approximate surface area is 131 Å². The molecule has 0 saturated heterocycles. The predicted molar refractivity (Wildman–Crippen MR) is 73.1 cm³/mol. The van der Waals surface area contributed by atoms with Crippen LogP contribution >= 0.6 is 0 Å². The molecule has 0 rings (SSSR count). The minimum Gasteiger partial charge on any atom is -0.468 e. The van der Waals surface area contributed by atoms with Crippen LogP contribution in [0.5, 0.6) is 0 Å². The maximum absolute atomic E-state index is 12.4. The molecular formula is C14H18O9. The first-order valence-electron chi connectivity index (χ1n) is 6.43. The van der Waals surface area contributed by atoms with Gasteiger partial charge in [-0.1, -0.05) is 0 Å². The lowest BCUT2D eigenvalue weighted by molar-refractivity contribution is -0.167. The molecule has 0 bridgehead atoms. The van der Waals surface area contributed by atoms with E-state index in [4.69, 9.17) is 10.2 Å². The van der Waals surface area contributed by atoms with E-state index in [1.807, 2.05) is 0 Å². The molecule has 9 nitrogen and oxygen atoms in total. The van der Waals surface area contributed by atoms with Crippen LogP contribution in [0.2, 0.25) is 0 Å². The molecule has 0 spiro atoms. The van der Waals surface area contributed by atoms with Crippen LogP contribution in [0.1, 0.15) is 20.8 Å². The van der Waals surface area contributed by atoms with Crippen molar-refractivity contribution in [2.45, 2.75) is 20.8 Å². The zero-order chi connectivity index (χ0) is 18.6. The number of carbonyl (C=O) groups is 6. The van der Waals surface area contributed by atoms with Crippen LogP contribution < -0.4 is 0 Å². The lowest BCUT2D eigenvalue weighted by atomic mass is 9.69.